The molecule has 35 heavy (non-hydrogen) atoms. The molecule has 1 saturated carbocycles. The van der Waals surface area contributed by atoms with E-state index in [-0.39, 0.29) is 5.97 Å². The van der Waals surface area contributed by atoms with Gasteiger partial charge in [0.15, 0.2) is 0 Å². The van der Waals surface area contributed by atoms with Gasteiger partial charge < -0.3 is 15.4 Å². The number of carbonyl (C=O) groups excluding carboxylic acids is 1. The minimum atomic E-state index is -0.299. The number of carbonyl (C=O) groups is 1. The lowest BCUT2D eigenvalue weighted by atomic mass is 9.82. The summed E-state index contributed by atoms with van der Waals surface area (Å²) in [6.45, 7) is 12.7. The normalized spacial score (nSPS) is 13.1. The van der Waals surface area contributed by atoms with Gasteiger partial charge in [0.1, 0.15) is 0 Å². The number of anilines is 2. The zero-order chi connectivity index (χ0) is 25.1. The monoisotopic (exact) mass is 470 g/mol. The maximum atomic E-state index is 13.1. The van der Waals surface area contributed by atoms with Crippen molar-refractivity contribution < 1.29 is 9.53 Å². The summed E-state index contributed by atoms with van der Waals surface area (Å²) in [5.41, 5.74) is 10.3. The second-order valence-corrected chi connectivity index (χ2v) is 10.2. The molecule has 0 spiro atoms. The Morgan fingerprint density at radius 1 is 0.829 bits per heavy atom. The molecular formula is C31H38N2O2. The molecule has 3 aromatic carbocycles. The van der Waals surface area contributed by atoms with E-state index in [4.69, 9.17) is 4.74 Å². The smallest absolute Gasteiger partial charge is 0.338 e. The summed E-state index contributed by atoms with van der Waals surface area (Å²) < 4.78 is 5.27. The third kappa shape index (κ3) is 5.53. The van der Waals surface area contributed by atoms with Crippen molar-refractivity contribution in [1.29, 1.82) is 0 Å². The highest BCUT2D eigenvalue weighted by atomic mass is 16.5. The number of hydrogen-bond donors (Lipinski definition) is 2. The van der Waals surface area contributed by atoms with Crippen molar-refractivity contribution in [3.05, 3.63) is 70.8 Å². The molecule has 3 aromatic rings. The highest BCUT2D eigenvalue weighted by molar-refractivity contribution is 6.03. The number of nitrogens with one attached hydrogen (secondary N) is 2. The molecule has 0 heterocycles. The minimum Gasteiger partial charge on any atom is -0.465 e. The Hall–Kier alpha value is -3.27. The SMILES string of the molecule is COC(=O)c1c(C)c(-c2ccc(NCC3CC3)cc2)c(C)c(C)c1-c1ccc(NCC(C)C)cc1. The summed E-state index contributed by atoms with van der Waals surface area (Å²) in [4.78, 5) is 13.1. The van der Waals surface area contributed by atoms with Gasteiger partial charge in [-0.15, -0.1) is 0 Å². The number of benzene rings is 3. The average molecular weight is 471 g/mol. The molecule has 1 aliphatic rings. The Bertz CT molecular complexity index is 1190. The van der Waals surface area contributed by atoms with Crippen LogP contribution in [0.3, 0.4) is 0 Å². The Balaban J connectivity index is 1.74. The summed E-state index contributed by atoms with van der Waals surface area (Å²) in [5, 5.41) is 7.00. The molecule has 1 aliphatic carbocycles. The molecule has 0 unspecified atom stereocenters. The van der Waals surface area contributed by atoms with E-state index in [1.54, 1.807) is 0 Å². The maximum absolute atomic E-state index is 13.1. The van der Waals surface area contributed by atoms with E-state index in [1.165, 1.54) is 25.5 Å². The molecule has 4 heteroatoms. The summed E-state index contributed by atoms with van der Waals surface area (Å²) in [5.74, 6) is 1.10. The lowest BCUT2D eigenvalue weighted by Crippen LogP contribution is -2.11. The number of ether oxygens (including phenoxy) is 1. The second kappa shape index (κ2) is 10.6. The van der Waals surface area contributed by atoms with Gasteiger partial charge in [-0.25, -0.2) is 4.79 Å². The Morgan fingerprint density at radius 3 is 1.86 bits per heavy atom. The van der Waals surface area contributed by atoms with E-state index in [0.717, 1.165) is 63.8 Å². The van der Waals surface area contributed by atoms with Crippen molar-refractivity contribution in [2.75, 3.05) is 30.8 Å². The van der Waals surface area contributed by atoms with Crippen molar-refractivity contribution in [3.63, 3.8) is 0 Å². The third-order valence-corrected chi connectivity index (χ3v) is 7.06. The molecule has 0 atom stereocenters. The molecule has 0 amide bonds. The lowest BCUT2D eigenvalue weighted by Gasteiger charge is -2.22. The number of esters is 1. The quantitative estimate of drug-likeness (QED) is 0.316. The topological polar surface area (TPSA) is 50.4 Å². The first-order valence-corrected chi connectivity index (χ1v) is 12.7. The van der Waals surface area contributed by atoms with Crippen molar-refractivity contribution in [2.45, 2.75) is 47.5 Å². The van der Waals surface area contributed by atoms with Gasteiger partial charge in [0.25, 0.3) is 0 Å². The van der Waals surface area contributed by atoms with Crippen molar-refractivity contribution in [3.8, 4) is 22.3 Å². The van der Waals surface area contributed by atoms with Crippen molar-refractivity contribution in [1.82, 2.24) is 0 Å². The largest absolute Gasteiger partial charge is 0.465 e. The van der Waals surface area contributed by atoms with Gasteiger partial charge in [0.2, 0.25) is 0 Å². The van der Waals surface area contributed by atoms with Crippen LogP contribution in [-0.4, -0.2) is 26.2 Å². The molecule has 0 bridgehead atoms. The van der Waals surface area contributed by atoms with E-state index in [1.807, 2.05) is 6.92 Å². The molecule has 2 N–H and O–H groups in total. The maximum Gasteiger partial charge on any atom is 0.338 e. The highest BCUT2D eigenvalue weighted by Crippen LogP contribution is 2.40. The minimum absolute atomic E-state index is 0.299. The predicted octanol–water partition coefficient (Wildman–Crippen LogP) is 7.62. The van der Waals surface area contributed by atoms with Crippen LogP contribution in [0.15, 0.2) is 48.5 Å². The van der Waals surface area contributed by atoms with Gasteiger partial charge in [-0.1, -0.05) is 38.1 Å². The van der Waals surface area contributed by atoms with E-state index in [2.05, 4.69) is 86.9 Å². The number of hydrogen-bond acceptors (Lipinski definition) is 4. The standard InChI is InChI=1S/C31H38N2O2/c1-19(2)17-32-26-15-11-25(12-16-26)29-21(4)20(3)28(22(5)30(29)31(34)35-6)24-9-13-27(14-10-24)33-18-23-7-8-23/h9-16,19,23,32-33H,7-8,17-18H2,1-6H3. The summed E-state index contributed by atoms with van der Waals surface area (Å²) >= 11 is 0. The average Bonchev–Trinajstić information content (AvgIpc) is 3.69. The van der Waals surface area contributed by atoms with Gasteiger partial charge in [0, 0.05) is 24.5 Å². The molecule has 0 aromatic heterocycles. The van der Waals surface area contributed by atoms with Crippen LogP contribution >= 0.6 is 0 Å². The zero-order valence-corrected chi connectivity index (χ0v) is 21.9. The van der Waals surface area contributed by atoms with Crippen molar-refractivity contribution >= 4 is 17.3 Å². The Morgan fingerprint density at radius 2 is 1.34 bits per heavy atom. The van der Waals surface area contributed by atoms with Crippen LogP contribution in [0.4, 0.5) is 11.4 Å². The van der Waals surface area contributed by atoms with E-state index >= 15 is 0 Å². The van der Waals surface area contributed by atoms with E-state index in [9.17, 15) is 4.79 Å². The zero-order valence-electron chi connectivity index (χ0n) is 21.9. The molecule has 0 radical (unpaired) electrons. The van der Waals surface area contributed by atoms with Crippen LogP contribution in [0.25, 0.3) is 22.3 Å². The second-order valence-electron chi connectivity index (χ2n) is 10.2. The summed E-state index contributed by atoms with van der Waals surface area (Å²) in [6, 6.07) is 16.9. The summed E-state index contributed by atoms with van der Waals surface area (Å²) in [6.07, 6.45) is 2.67. The van der Waals surface area contributed by atoms with Gasteiger partial charge in [-0.2, -0.15) is 0 Å². The van der Waals surface area contributed by atoms with E-state index in [0.29, 0.717) is 11.5 Å². The number of methoxy groups -OCH3 is 1. The highest BCUT2D eigenvalue weighted by Gasteiger charge is 2.25. The first-order chi connectivity index (χ1) is 16.8. The van der Waals surface area contributed by atoms with Crippen LogP contribution in [0.1, 0.15) is 53.7 Å². The van der Waals surface area contributed by atoms with Crippen LogP contribution in [0.2, 0.25) is 0 Å². The van der Waals surface area contributed by atoms with Gasteiger partial charge in [-0.3, -0.25) is 0 Å². The van der Waals surface area contributed by atoms with Crippen molar-refractivity contribution in [2.24, 2.45) is 11.8 Å². The molecule has 1 fully saturated rings. The Kier molecular flexibility index (Phi) is 7.49. The molecule has 0 saturated heterocycles. The van der Waals surface area contributed by atoms with Gasteiger partial charge in [0.05, 0.1) is 12.7 Å². The summed E-state index contributed by atoms with van der Waals surface area (Å²) in [7, 11) is 1.46. The lowest BCUT2D eigenvalue weighted by molar-refractivity contribution is 0.0600. The van der Waals surface area contributed by atoms with Gasteiger partial charge in [-0.05, 0) is 109 Å². The molecule has 0 aliphatic heterocycles. The fourth-order valence-electron chi connectivity index (χ4n) is 4.72. The van der Waals surface area contributed by atoms with Gasteiger partial charge >= 0.3 is 5.97 Å². The fraction of sp³-hybridized carbons (Fsp3) is 0.387. The van der Waals surface area contributed by atoms with Crippen LogP contribution in [-0.2, 0) is 4.74 Å². The molecular weight excluding hydrogens is 432 g/mol. The van der Waals surface area contributed by atoms with Crippen LogP contribution < -0.4 is 10.6 Å². The van der Waals surface area contributed by atoms with E-state index < -0.39 is 0 Å². The molecule has 184 valence electrons. The number of rotatable bonds is 9. The fourth-order valence-corrected chi connectivity index (χ4v) is 4.72. The molecule has 4 nitrogen and oxygen atoms in total. The van der Waals surface area contributed by atoms with Crippen LogP contribution in [0, 0.1) is 32.6 Å². The third-order valence-electron chi connectivity index (χ3n) is 7.06. The first kappa shape index (κ1) is 24.8. The predicted molar refractivity (Wildman–Crippen MR) is 147 cm³/mol. The van der Waals surface area contributed by atoms with Crippen LogP contribution in [0.5, 0.6) is 0 Å². The first-order valence-electron chi connectivity index (χ1n) is 12.7. The Labute approximate surface area is 210 Å². The molecule has 4 rings (SSSR count).